The molecule has 1 saturated carbocycles. The molecule has 0 N–H and O–H groups in total. The monoisotopic (exact) mass is 268 g/mol. The third-order valence-electron chi connectivity index (χ3n) is 5.30. The number of hydrogen-bond donors (Lipinski definition) is 0. The minimum absolute atomic E-state index is 0.00480. The van der Waals surface area contributed by atoms with Crippen molar-refractivity contribution in [2.75, 3.05) is 19.8 Å². The molecular weight excluding hydrogens is 244 g/mol. The number of rotatable bonds is 1. The van der Waals surface area contributed by atoms with Crippen LogP contribution in [-0.4, -0.2) is 44.4 Å². The van der Waals surface area contributed by atoms with Gasteiger partial charge in [-0.2, -0.15) is 0 Å². The predicted octanol–water partition coefficient (Wildman–Crippen LogP) is 2.11. The van der Waals surface area contributed by atoms with Crippen LogP contribution in [0.5, 0.6) is 0 Å². The fourth-order valence-corrected chi connectivity index (χ4v) is 4.01. The van der Waals surface area contributed by atoms with Crippen molar-refractivity contribution in [1.29, 1.82) is 0 Å². The van der Waals surface area contributed by atoms with E-state index in [0.29, 0.717) is 24.2 Å². The summed E-state index contributed by atoms with van der Waals surface area (Å²) < 4.78 is 23.4. The maximum atomic E-state index is 6.09. The molecule has 1 aliphatic carbocycles. The summed E-state index contributed by atoms with van der Waals surface area (Å²) in [4.78, 5) is 0. The van der Waals surface area contributed by atoms with Crippen LogP contribution in [0.25, 0.3) is 0 Å². The smallest absolute Gasteiger partial charge is 0.160 e. The van der Waals surface area contributed by atoms with Crippen LogP contribution in [-0.2, 0) is 18.9 Å². The summed E-state index contributed by atoms with van der Waals surface area (Å²) in [5.41, 5.74) is 0.241. The van der Waals surface area contributed by atoms with Crippen molar-refractivity contribution in [3.05, 3.63) is 0 Å². The van der Waals surface area contributed by atoms with Crippen molar-refractivity contribution < 1.29 is 18.9 Å². The van der Waals surface area contributed by atoms with Crippen molar-refractivity contribution in [2.45, 2.75) is 63.6 Å². The zero-order valence-electron chi connectivity index (χ0n) is 11.7. The van der Waals surface area contributed by atoms with E-state index in [9.17, 15) is 0 Å². The Kier molecular flexibility index (Phi) is 3.10. The SMILES string of the molecule is CC1CC(C2OCC3(CCC4OC4C3)CO2)CCO1. The third-order valence-corrected chi connectivity index (χ3v) is 5.30. The lowest BCUT2D eigenvalue weighted by molar-refractivity contribution is -0.264. The summed E-state index contributed by atoms with van der Waals surface area (Å²) in [7, 11) is 0. The molecule has 4 aliphatic rings. The standard InChI is InChI=1S/C15H24O4/c1-10-6-11(3-5-16-10)14-17-8-15(9-18-14)4-2-12-13(7-15)19-12/h10-14H,2-9H2,1H3. The molecule has 4 nitrogen and oxygen atoms in total. The fraction of sp³-hybridized carbons (Fsp3) is 1.00. The van der Waals surface area contributed by atoms with E-state index >= 15 is 0 Å². The minimum atomic E-state index is -0.00480. The molecule has 4 fully saturated rings. The molecule has 0 bridgehead atoms. The average Bonchev–Trinajstić information content (AvgIpc) is 3.18. The van der Waals surface area contributed by atoms with E-state index in [0.717, 1.165) is 39.1 Å². The third kappa shape index (κ3) is 2.44. The summed E-state index contributed by atoms with van der Waals surface area (Å²) >= 11 is 0. The van der Waals surface area contributed by atoms with Crippen LogP contribution in [0.4, 0.5) is 0 Å². The van der Waals surface area contributed by atoms with Crippen molar-refractivity contribution in [3.8, 4) is 0 Å². The van der Waals surface area contributed by atoms with Crippen LogP contribution in [0.3, 0.4) is 0 Å². The molecule has 0 radical (unpaired) electrons. The summed E-state index contributed by atoms with van der Waals surface area (Å²) in [5.74, 6) is 0.509. The Hall–Kier alpha value is -0.160. The number of fused-ring (bicyclic) bond motifs is 1. The van der Waals surface area contributed by atoms with Gasteiger partial charge in [0.1, 0.15) is 0 Å². The van der Waals surface area contributed by atoms with E-state index in [1.165, 1.54) is 12.8 Å². The molecule has 0 aromatic rings. The Labute approximate surface area is 114 Å². The lowest BCUT2D eigenvalue weighted by Gasteiger charge is -2.44. The highest BCUT2D eigenvalue weighted by Crippen LogP contribution is 2.48. The normalized spacial score (nSPS) is 53.8. The van der Waals surface area contributed by atoms with Gasteiger partial charge in [-0.1, -0.05) is 0 Å². The van der Waals surface area contributed by atoms with E-state index in [1.54, 1.807) is 0 Å². The number of ether oxygens (including phenoxy) is 4. The fourth-order valence-electron chi connectivity index (χ4n) is 4.01. The molecule has 4 atom stereocenters. The largest absolute Gasteiger partial charge is 0.378 e. The molecule has 3 saturated heterocycles. The van der Waals surface area contributed by atoms with Crippen molar-refractivity contribution in [3.63, 3.8) is 0 Å². The maximum Gasteiger partial charge on any atom is 0.160 e. The molecule has 4 rings (SSSR count). The van der Waals surface area contributed by atoms with E-state index in [-0.39, 0.29) is 11.7 Å². The molecule has 4 unspecified atom stereocenters. The Morgan fingerprint density at radius 2 is 1.84 bits per heavy atom. The van der Waals surface area contributed by atoms with Gasteiger partial charge in [0, 0.05) is 17.9 Å². The van der Waals surface area contributed by atoms with Crippen molar-refractivity contribution in [1.82, 2.24) is 0 Å². The van der Waals surface area contributed by atoms with Gasteiger partial charge >= 0.3 is 0 Å². The quantitative estimate of drug-likeness (QED) is 0.683. The lowest BCUT2D eigenvalue weighted by atomic mass is 9.75. The average molecular weight is 268 g/mol. The zero-order valence-corrected chi connectivity index (χ0v) is 11.7. The molecule has 4 heteroatoms. The Balaban J connectivity index is 1.34. The minimum Gasteiger partial charge on any atom is -0.378 e. The molecular formula is C15H24O4. The Bertz CT molecular complexity index is 337. The van der Waals surface area contributed by atoms with E-state index in [2.05, 4.69) is 6.92 Å². The number of epoxide rings is 1. The molecule has 0 aromatic carbocycles. The van der Waals surface area contributed by atoms with E-state index in [1.807, 2.05) is 0 Å². The lowest BCUT2D eigenvalue weighted by Crippen LogP contribution is -2.47. The van der Waals surface area contributed by atoms with Crippen LogP contribution >= 0.6 is 0 Å². The first-order valence-corrected chi connectivity index (χ1v) is 7.74. The van der Waals surface area contributed by atoms with Gasteiger partial charge in [0.2, 0.25) is 0 Å². The number of hydrogen-bond acceptors (Lipinski definition) is 4. The van der Waals surface area contributed by atoms with Crippen LogP contribution < -0.4 is 0 Å². The van der Waals surface area contributed by atoms with Gasteiger partial charge in [-0.25, -0.2) is 0 Å². The molecule has 19 heavy (non-hydrogen) atoms. The van der Waals surface area contributed by atoms with E-state index in [4.69, 9.17) is 18.9 Å². The topological polar surface area (TPSA) is 40.2 Å². The van der Waals surface area contributed by atoms with Gasteiger partial charge in [-0.3, -0.25) is 0 Å². The first kappa shape index (κ1) is 12.6. The van der Waals surface area contributed by atoms with Crippen molar-refractivity contribution >= 4 is 0 Å². The van der Waals surface area contributed by atoms with Gasteiger partial charge < -0.3 is 18.9 Å². The predicted molar refractivity (Wildman–Crippen MR) is 68.8 cm³/mol. The second kappa shape index (κ2) is 4.69. The molecule has 1 spiro atoms. The van der Waals surface area contributed by atoms with Crippen LogP contribution in [0.1, 0.15) is 39.0 Å². The highest BCUT2D eigenvalue weighted by molar-refractivity contribution is 5.00. The van der Waals surface area contributed by atoms with E-state index < -0.39 is 0 Å². The van der Waals surface area contributed by atoms with Gasteiger partial charge in [0.15, 0.2) is 6.29 Å². The zero-order chi connectivity index (χ0) is 12.9. The van der Waals surface area contributed by atoms with Gasteiger partial charge in [-0.05, 0) is 39.0 Å². The molecule has 108 valence electrons. The van der Waals surface area contributed by atoms with Crippen LogP contribution in [0.15, 0.2) is 0 Å². The second-order valence-electron chi connectivity index (χ2n) is 6.91. The summed E-state index contributed by atoms with van der Waals surface area (Å²) in [6.07, 6.45) is 7.05. The molecule has 0 aromatic heterocycles. The highest BCUT2D eigenvalue weighted by atomic mass is 16.7. The van der Waals surface area contributed by atoms with Gasteiger partial charge in [0.05, 0.1) is 31.5 Å². The highest BCUT2D eigenvalue weighted by Gasteiger charge is 2.52. The van der Waals surface area contributed by atoms with Crippen molar-refractivity contribution in [2.24, 2.45) is 11.3 Å². The molecule has 3 aliphatic heterocycles. The summed E-state index contributed by atoms with van der Waals surface area (Å²) in [6.45, 7) is 4.70. The van der Waals surface area contributed by atoms with Gasteiger partial charge in [0.25, 0.3) is 0 Å². The molecule has 0 amide bonds. The summed E-state index contributed by atoms with van der Waals surface area (Å²) in [5, 5.41) is 0. The van der Waals surface area contributed by atoms with Crippen LogP contribution in [0.2, 0.25) is 0 Å². The maximum absolute atomic E-state index is 6.09. The summed E-state index contributed by atoms with van der Waals surface area (Å²) in [6, 6.07) is 0. The van der Waals surface area contributed by atoms with Crippen LogP contribution in [0, 0.1) is 11.3 Å². The first-order valence-electron chi connectivity index (χ1n) is 7.74. The second-order valence-corrected chi connectivity index (χ2v) is 6.91. The molecule has 3 heterocycles. The first-order chi connectivity index (χ1) is 9.24. The Morgan fingerprint density at radius 1 is 1.00 bits per heavy atom. The van der Waals surface area contributed by atoms with Gasteiger partial charge in [-0.15, -0.1) is 0 Å². The Morgan fingerprint density at radius 3 is 2.58 bits per heavy atom.